The fraction of sp³-hybridized carbons (Fsp3) is 0.333. The average Bonchev–Trinajstić information content (AvgIpc) is 3.22. The first kappa shape index (κ1) is 27.8. The molecule has 4 aromatic rings. The number of nitrogens with two attached hydrogens (primary N) is 1. The molecule has 0 saturated heterocycles. The molecular formula is C27H32F3N7O2. The third kappa shape index (κ3) is 5.80. The Bertz CT molecular complexity index is 1480. The summed E-state index contributed by atoms with van der Waals surface area (Å²) in [6, 6.07) is 8.61. The van der Waals surface area contributed by atoms with Crippen molar-refractivity contribution >= 4 is 33.9 Å². The third-order valence-corrected chi connectivity index (χ3v) is 6.44. The van der Waals surface area contributed by atoms with Crippen LogP contribution in [0.2, 0.25) is 0 Å². The van der Waals surface area contributed by atoms with Crippen LogP contribution in [-0.4, -0.2) is 67.9 Å². The molecule has 0 aliphatic carbocycles. The van der Waals surface area contributed by atoms with Gasteiger partial charge in [-0.15, -0.1) is 0 Å². The van der Waals surface area contributed by atoms with Crippen LogP contribution < -0.4 is 25.4 Å². The number of nitrogen functional groups attached to an aromatic ring is 1. The number of methoxy groups -OCH3 is 2. The van der Waals surface area contributed by atoms with Crippen LogP contribution in [0.15, 0.2) is 42.7 Å². The Hall–Kier alpha value is -4.19. The largest absolute Gasteiger partial charge is 0.497 e. The van der Waals surface area contributed by atoms with E-state index in [0.717, 1.165) is 25.0 Å². The highest BCUT2D eigenvalue weighted by Crippen LogP contribution is 2.41. The molecule has 2 heterocycles. The Kier molecular flexibility index (Phi) is 7.77. The predicted octanol–water partition coefficient (Wildman–Crippen LogP) is 4.99. The second-order valence-corrected chi connectivity index (χ2v) is 9.45. The van der Waals surface area contributed by atoms with E-state index in [2.05, 4.69) is 20.2 Å². The molecule has 12 heteroatoms. The number of hydrogen-bond donors (Lipinski definition) is 2. The minimum Gasteiger partial charge on any atom is -0.497 e. The molecule has 0 amide bonds. The molecule has 3 N–H and O–H groups in total. The first-order chi connectivity index (χ1) is 18.4. The highest BCUT2D eigenvalue weighted by atomic mass is 19.4. The Balaban J connectivity index is 1.77. The van der Waals surface area contributed by atoms with Crippen molar-refractivity contribution in [3.05, 3.63) is 48.3 Å². The molecule has 0 spiro atoms. The Morgan fingerprint density at radius 3 is 2.44 bits per heavy atom. The van der Waals surface area contributed by atoms with Gasteiger partial charge in [-0.05, 0) is 32.3 Å². The number of likely N-dealkylation sites (N-methyl/N-ethyl adjacent to an activating group) is 2. The van der Waals surface area contributed by atoms with Gasteiger partial charge in [0.2, 0.25) is 5.95 Å². The summed E-state index contributed by atoms with van der Waals surface area (Å²) in [7, 11) is 10.7. The Labute approximate surface area is 225 Å². The van der Waals surface area contributed by atoms with Crippen LogP contribution in [0.3, 0.4) is 0 Å². The highest BCUT2D eigenvalue weighted by Gasteiger charge is 2.36. The van der Waals surface area contributed by atoms with Crippen molar-refractivity contribution in [1.29, 1.82) is 0 Å². The molecule has 0 radical (unpaired) electrons. The number of alkyl halides is 3. The monoisotopic (exact) mass is 543 g/mol. The Morgan fingerprint density at radius 2 is 1.79 bits per heavy atom. The van der Waals surface area contributed by atoms with Gasteiger partial charge in [-0.1, -0.05) is 0 Å². The summed E-state index contributed by atoms with van der Waals surface area (Å²) in [5.74, 6) is 1.00. The van der Waals surface area contributed by atoms with Crippen LogP contribution in [-0.2, 0) is 13.2 Å². The van der Waals surface area contributed by atoms with E-state index in [0.29, 0.717) is 39.3 Å². The van der Waals surface area contributed by atoms with Crippen molar-refractivity contribution in [2.75, 3.05) is 64.4 Å². The summed E-state index contributed by atoms with van der Waals surface area (Å²) in [6.07, 6.45) is -2.27. The normalized spacial score (nSPS) is 11.7. The molecule has 0 fully saturated rings. The van der Waals surface area contributed by atoms with Gasteiger partial charge in [-0.25, -0.2) is 9.97 Å². The average molecular weight is 544 g/mol. The lowest BCUT2D eigenvalue weighted by molar-refractivity contribution is -0.137. The molecule has 2 aromatic carbocycles. The molecule has 0 bridgehead atoms. The van der Waals surface area contributed by atoms with Gasteiger partial charge >= 0.3 is 6.18 Å². The molecule has 0 saturated carbocycles. The summed E-state index contributed by atoms with van der Waals surface area (Å²) < 4.78 is 54.7. The zero-order valence-corrected chi connectivity index (χ0v) is 22.7. The molecule has 0 aliphatic heterocycles. The zero-order chi connectivity index (χ0) is 28.5. The van der Waals surface area contributed by atoms with Crippen LogP contribution in [0, 0.1) is 0 Å². The van der Waals surface area contributed by atoms with E-state index in [-0.39, 0.29) is 11.6 Å². The molecule has 4 rings (SSSR count). The fourth-order valence-corrected chi connectivity index (χ4v) is 4.31. The number of nitrogens with zero attached hydrogens (tertiary/aromatic N) is 5. The molecule has 208 valence electrons. The lowest BCUT2D eigenvalue weighted by Gasteiger charge is -2.24. The first-order valence-electron chi connectivity index (χ1n) is 12.1. The van der Waals surface area contributed by atoms with Gasteiger partial charge in [0.15, 0.2) is 0 Å². The van der Waals surface area contributed by atoms with Gasteiger partial charge in [0.25, 0.3) is 0 Å². The van der Waals surface area contributed by atoms with Crippen molar-refractivity contribution in [2.24, 2.45) is 7.05 Å². The van der Waals surface area contributed by atoms with Gasteiger partial charge in [-0.3, -0.25) is 0 Å². The van der Waals surface area contributed by atoms with Crippen LogP contribution in [0.1, 0.15) is 5.56 Å². The molecule has 0 aliphatic rings. The van der Waals surface area contributed by atoms with E-state index in [4.69, 9.17) is 15.2 Å². The summed E-state index contributed by atoms with van der Waals surface area (Å²) in [4.78, 5) is 12.4. The van der Waals surface area contributed by atoms with E-state index in [1.165, 1.54) is 14.2 Å². The van der Waals surface area contributed by atoms with Crippen LogP contribution in [0.4, 0.5) is 36.2 Å². The quantitative estimate of drug-likeness (QED) is 0.285. The second kappa shape index (κ2) is 10.9. The van der Waals surface area contributed by atoms with Crippen molar-refractivity contribution in [3.63, 3.8) is 0 Å². The van der Waals surface area contributed by atoms with Crippen LogP contribution >= 0.6 is 0 Å². The zero-order valence-electron chi connectivity index (χ0n) is 22.7. The van der Waals surface area contributed by atoms with E-state index in [1.54, 1.807) is 48.1 Å². The maximum Gasteiger partial charge on any atom is 0.419 e. The van der Waals surface area contributed by atoms with Gasteiger partial charge in [0.05, 0.1) is 42.5 Å². The molecule has 2 aromatic heterocycles. The smallest absolute Gasteiger partial charge is 0.419 e. The number of nitrogens with one attached hydrogen (secondary N) is 1. The van der Waals surface area contributed by atoms with Gasteiger partial charge in [0.1, 0.15) is 17.1 Å². The fourth-order valence-electron chi connectivity index (χ4n) is 4.31. The third-order valence-electron chi connectivity index (χ3n) is 6.44. The molecule has 9 nitrogen and oxygen atoms in total. The number of aromatic nitrogens is 3. The van der Waals surface area contributed by atoms with E-state index < -0.39 is 11.7 Å². The first-order valence-corrected chi connectivity index (χ1v) is 12.1. The number of anilines is 4. The topological polar surface area (TPSA) is 93.7 Å². The van der Waals surface area contributed by atoms with Gasteiger partial charge in [-0.2, -0.15) is 13.2 Å². The number of rotatable bonds is 9. The van der Waals surface area contributed by atoms with Gasteiger partial charge in [0, 0.05) is 62.7 Å². The van der Waals surface area contributed by atoms with E-state index in [1.807, 2.05) is 26.0 Å². The van der Waals surface area contributed by atoms with Crippen LogP contribution in [0.25, 0.3) is 22.2 Å². The molecule has 0 unspecified atom stereocenters. The number of aryl methyl sites for hydroxylation is 1. The summed E-state index contributed by atoms with van der Waals surface area (Å²) in [5.41, 5.74) is 7.83. The predicted molar refractivity (Wildman–Crippen MR) is 148 cm³/mol. The second-order valence-electron chi connectivity index (χ2n) is 9.45. The number of fused-ring (bicyclic) bond motifs is 1. The lowest BCUT2D eigenvalue weighted by Crippen LogP contribution is -2.29. The lowest BCUT2D eigenvalue weighted by atomic mass is 10.1. The minimum absolute atomic E-state index is 0.0325. The number of halogens is 3. The summed E-state index contributed by atoms with van der Waals surface area (Å²) in [6.45, 7) is 1.55. The van der Waals surface area contributed by atoms with E-state index >= 15 is 0 Å². The standard InChI is InChI=1S/C27H32F3N7O2/c1-35(2)9-10-36(3)23-13-24(39-6)21(12-20(23)31)33-26-32-14-19(27(28,29)30)25(34-26)18-15-37(4)22-11-16(38-5)7-8-17(18)22/h7-8,11-15H,9-10,31H2,1-6H3,(H,32,33,34). The molecular weight excluding hydrogens is 511 g/mol. The molecule has 39 heavy (non-hydrogen) atoms. The Morgan fingerprint density at radius 1 is 1.05 bits per heavy atom. The number of hydrogen-bond acceptors (Lipinski definition) is 8. The summed E-state index contributed by atoms with van der Waals surface area (Å²) >= 11 is 0. The summed E-state index contributed by atoms with van der Waals surface area (Å²) in [5, 5.41) is 3.59. The van der Waals surface area contributed by atoms with Crippen LogP contribution in [0.5, 0.6) is 11.5 Å². The van der Waals surface area contributed by atoms with Crippen molar-refractivity contribution in [2.45, 2.75) is 6.18 Å². The van der Waals surface area contributed by atoms with Gasteiger partial charge < -0.3 is 34.9 Å². The van der Waals surface area contributed by atoms with E-state index in [9.17, 15) is 13.2 Å². The maximum absolute atomic E-state index is 14.1. The SMILES string of the molecule is COc1ccc2c(-c3nc(Nc4cc(N)c(N(C)CCN(C)C)cc4OC)ncc3C(F)(F)F)cn(C)c2c1. The van der Waals surface area contributed by atoms with Crippen molar-refractivity contribution in [3.8, 4) is 22.8 Å². The minimum atomic E-state index is -4.66. The number of benzene rings is 2. The van der Waals surface area contributed by atoms with Crippen molar-refractivity contribution in [1.82, 2.24) is 19.4 Å². The number of ether oxygens (including phenoxy) is 2. The highest BCUT2D eigenvalue weighted by molar-refractivity contribution is 5.96. The maximum atomic E-state index is 14.1. The molecule has 0 atom stereocenters. The van der Waals surface area contributed by atoms with Crippen molar-refractivity contribution < 1.29 is 22.6 Å².